The summed E-state index contributed by atoms with van der Waals surface area (Å²) in [5, 5.41) is 2.54. The van der Waals surface area contributed by atoms with Gasteiger partial charge in [0, 0.05) is 34.1 Å². The third-order valence-electron chi connectivity index (χ3n) is 7.07. The summed E-state index contributed by atoms with van der Waals surface area (Å²) in [7, 11) is 2.17. The Labute approximate surface area is 185 Å². The van der Waals surface area contributed by atoms with Gasteiger partial charge in [-0.25, -0.2) is 0 Å². The van der Waals surface area contributed by atoms with E-state index in [1.165, 1.54) is 81.2 Å². The van der Waals surface area contributed by atoms with Crippen molar-refractivity contribution in [1.29, 1.82) is 0 Å². The van der Waals surface area contributed by atoms with Gasteiger partial charge in [-0.15, -0.1) is 0 Å². The first kappa shape index (κ1) is 19.9. The molecule has 0 atom stereocenters. The van der Waals surface area contributed by atoms with Crippen molar-refractivity contribution >= 4 is 10.8 Å². The largest absolute Gasteiger partial charge is 0.260 e. The van der Waals surface area contributed by atoms with Gasteiger partial charge < -0.3 is 0 Å². The highest BCUT2D eigenvalue weighted by atomic mass is 14.9. The number of aromatic nitrogens is 2. The van der Waals surface area contributed by atoms with Crippen molar-refractivity contribution in [2.75, 3.05) is 0 Å². The minimum absolute atomic E-state index is 0.638. The molecule has 0 amide bonds. The van der Waals surface area contributed by atoms with E-state index in [2.05, 4.69) is 93.3 Å². The zero-order chi connectivity index (χ0) is 21.5. The lowest BCUT2D eigenvalue weighted by Crippen LogP contribution is -2.31. The van der Waals surface area contributed by atoms with E-state index < -0.39 is 0 Å². The molecule has 0 N–H and O–H groups in total. The molecule has 1 saturated carbocycles. The summed E-state index contributed by atoms with van der Waals surface area (Å²) >= 11 is 0. The van der Waals surface area contributed by atoms with Gasteiger partial charge in [0.05, 0.1) is 11.1 Å². The molecule has 1 aliphatic carbocycles. The monoisotopic (exact) mass is 407 g/mol. The predicted molar refractivity (Wildman–Crippen MR) is 129 cm³/mol. The van der Waals surface area contributed by atoms with Gasteiger partial charge >= 0.3 is 0 Å². The number of hydrogen-bond donors (Lipinski definition) is 0. The smallest absolute Gasteiger partial charge is 0.221 e. The number of aryl methyl sites for hydroxylation is 3. The summed E-state index contributed by atoms with van der Waals surface area (Å²) < 4.78 is 2.30. The molecule has 2 aromatic carbocycles. The highest BCUT2D eigenvalue weighted by Gasteiger charge is 2.25. The summed E-state index contributed by atoms with van der Waals surface area (Å²) in [5.74, 6) is 0.638. The first-order valence-electron chi connectivity index (χ1n) is 11.5. The standard InChI is InChI=1S/C29H31N2/c1-19-15-20(2)21(3)26(16-19)29-28(25-12-8-7-11-24(25)18-31(29)4)23-13-14-27(30-17-23)22-9-5-6-10-22/h7-8,11-18,22H,5-6,9-10H2,1-4H3/q+1. The lowest BCUT2D eigenvalue weighted by atomic mass is 9.90. The number of pyridine rings is 2. The number of nitrogens with zero attached hydrogens (tertiary/aromatic N) is 2. The molecular weight excluding hydrogens is 376 g/mol. The van der Waals surface area contributed by atoms with E-state index >= 15 is 0 Å². The van der Waals surface area contributed by atoms with Gasteiger partial charge in [0.1, 0.15) is 7.05 Å². The Morgan fingerprint density at radius 1 is 0.935 bits per heavy atom. The van der Waals surface area contributed by atoms with Crippen LogP contribution < -0.4 is 4.57 Å². The predicted octanol–water partition coefficient (Wildman–Crippen LogP) is 6.98. The number of fused-ring (bicyclic) bond motifs is 1. The first-order valence-corrected chi connectivity index (χ1v) is 11.5. The molecule has 0 bridgehead atoms. The maximum absolute atomic E-state index is 4.96. The summed E-state index contributed by atoms with van der Waals surface area (Å²) in [4.78, 5) is 4.96. The molecule has 1 aliphatic rings. The minimum atomic E-state index is 0.638. The Hall–Kier alpha value is -3.00. The molecule has 0 spiro atoms. The maximum Gasteiger partial charge on any atom is 0.221 e. The Bertz CT molecular complexity index is 1260. The van der Waals surface area contributed by atoms with E-state index in [1.807, 2.05) is 0 Å². The summed E-state index contributed by atoms with van der Waals surface area (Å²) in [6, 6.07) is 17.9. The van der Waals surface area contributed by atoms with Crippen molar-refractivity contribution in [3.63, 3.8) is 0 Å². The molecule has 2 heterocycles. The Morgan fingerprint density at radius 2 is 1.71 bits per heavy atom. The van der Waals surface area contributed by atoms with Crippen molar-refractivity contribution in [2.24, 2.45) is 7.05 Å². The fourth-order valence-corrected chi connectivity index (χ4v) is 5.33. The second kappa shape index (κ2) is 7.92. The van der Waals surface area contributed by atoms with Crippen LogP contribution in [0.15, 0.2) is 60.9 Å². The molecule has 0 unspecified atom stereocenters. The molecule has 1 fully saturated rings. The van der Waals surface area contributed by atoms with E-state index in [9.17, 15) is 0 Å². The third-order valence-corrected chi connectivity index (χ3v) is 7.07. The number of hydrogen-bond acceptors (Lipinski definition) is 1. The van der Waals surface area contributed by atoms with Crippen LogP contribution in [-0.2, 0) is 7.05 Å². The highest BCUT2D eigenvalue weighted by molar-refractivity contribution is 6.01. The van der Waals surface area contributed by atoms with Gasteiger partial charge in [-0.1, -0.05) is 48.7 Å². The molecule has 4 aromatic rings. The zero-order valence-electron chi connectivity index (χ0n) is 19.1. The molecule has 2 aromatic heterocycles. The second-order valence-electron chi connectivity index (χ2n) is 9.26. The highest BCUT2D eigenvalue weighted by Crippen LogP contribution is 2.39. The summed E-state index contributed by atoms with van der Waals surface area (Å²) in [5.41, 5.74) is 10.3. The van der Waals surface area contributed by atoms with Gasteiger partial charge in [-0.05, 0) is 62.9 Å². The molecule has 0 radical (unpaired) electrons. The van der Waals surface area contributed by atoms with E-state index in [0.717, 1.165) is 0 Å². The van der Waals surface area contributed by atoms with Crippen molar-refractivity contribution in [3.8, 4) is 22.4 Å². The van der Waals surface area contributed by atoms with Crippen LogP contribution in [0.1, 0.15) is 54.0 Å². The topological polar surface area (TPSA) is 16.8 Å². The maximum atomic E-state index is 4.96. The normalized spacial score (nSPS) is 14.5. The van der Waals surface area contributed by atoms with Crippen LogP contribution in [0, 0.1) is 20.8 Å². The molecule has 2 nitrogen and oxygen atoms in total. The van der Waals surface area contributed by atoms with Crippen molar-refractivity contribution in [3.05, 3.63) is 83.3 Å². The lowest BCUT2D eigenvalue weighted by Gasteiger charge is -2.16. The fourth-order valence-electron chi connectivity index (χ4n) is 5.33. The number of benzene rings is 2. The van der Waals surface area contributed by atoms with Gasteiger partial charge in [-0.3, -0.25) is 4.98 Å². The van der Waals surface area contributed by atoms with Crippen molar-refractivity contribution in [1.82, 2.24) is 4.98 Å². The van der Waals surface area contributed by atoms with Crippen molar-refractivity contribution in [2.45, 2.75) is 52.4 Å². The molecule has 156 valence electrons. The van der Waals surface area contributed by atoms with Crippen LogP contribution in [0.5, 0.6) is 0 Å². The fraction of sp³-hybridized carbons (Fsp3) is 0.310. The molecule has 31 heavy (non-hydrogen) atoms. The van der Waals surface area contributed by atoms with E-state index in [4.69, 9.17) is 4.98 Å². The van der Waals surface area contributed by atoms with E-state index in [1.54, 1.807) is 0 Å². The van der Waals surface area contributed by atoms with Crippen LogP contribution in [-0.4, -0.2) is 4.98 Å². The van der Waals surface area contributed by atoms with Crippen LogP contribution in [0.3, 0.4) is 0 Å². The molecule has 0 saturated heterocycles. The second-order valence-corrected chi connectivity index (χ2v) is 9.26. The van der Waals surface area contributed by atoms with Crippen LogP contribution in [0.2, 0.25) is 0 Å². The Balaban J connectivity index is 1.78. The Morgan fingerprint density at radius 3 is 2.45 bits per heavy atom. The summed E-state index contributed by atoms with van der Waals surface area (Å²) in [6.45, 7) is 6.64. The van der Waals surface area contributed by atoms with Gasteiger partial charge in [0.25, 0.3) is 0 Å². The van der Waals surface area contributed by atoms with Crippen LogP contribution in [0.4, 0.5) is 0 Å². The zero-order valence-corrected chi connectivity index (χ0v) is 19.1. The Kier molecular flexibility index (Phi) is 5.09. The van der Waals surface area contributed by atoms with Crippen LogP contribution >= 0.6 is 0 Å². The third kappa shape index (κ3) is 3.54. The summed E-state index contributed by atoms with van der Waals surface area (Å²) in [6.07, 6.45) is 9.60. The van der Waals surface area contributed by atoms with Gasteiger partial charge in [0.2, 0.25) is 5.69 Å². The molecular formula is C29H31N2+. The van der Waals surface area contributed by atoms with E-state index in [0.29, 0.717) is 5.92 Å². The van der Waals surface area contributed by atoms with Gasteiger partial charge in [0.15, 0.2) is 6.20 Å². The molecule has 0 aliphatic heterocycles. The average molecular weight is 408 g/mol. The quantitative estimate of drug-likeness (QED) is 0.335. The average Bonchev–Trinajstić information content (AvgIpc) is 3.31. The minimum Gasteiger partial charge on any atom is -0.260 e. The van der Waals surface area contributed by atoms with Gasteiger partial charge in [-0.2, -0.15) is 4.57 Å². The lowest BCUT2D eigenvalue weighted by molar-refractivity contribution is -0.658. The van der Waals surface area contributed by atoms with Crippen LogP contribution in [0.25, 0.3) is 33.2 Å². The molecule has 2 heteroatoms. The SMILES string of the molecule is Cc1cc(C)c(C)c(-c2c(-c3ccc(C4CCCC4)nc3)c3ccccc3c[n+]2C)c1. The van der Waals surface area contributed by atoms with Crippen molar-refractivity contribution < 1.29 is 4.57 Å². The number of rotatable bonds is 3. The van der Waals surface area contributed by atoms with E-state index in [-0.39, 0.29) is 0 Å². The molecule has 5 rings (SSSR count). The first-order chi connectivity index (χ1) is 15.0.